The molecular formula is C24H26FN5. The Labute approximate surface area is 176 Å². The number of hydrogen-bond donors (Lipinski definition) is 1. The highest BCUT2D eigenvalue weighted by Crippen LogP contribution is 2.27. The van der Waals surface area contributed by atoms with Crippen LogP contribution >= 0.6 is 0 Å². The van der Waals surface area contributed by atoms with Crippen LogP contribution in [0.25, 0.3) is 17.3 Å². The number of rotatable bonds is 8. The summed E-state index contributed by atoms with van der Waals surface area (Å²) in [6.07, 6.45) is 7.36. The van der Waals surface area contributed by atoms with Gasteiger partial charge in [0.05, 0.1) is 17.6 Å². The standard InChI is InChI=1S/C24H26FN5/c1-6-21(17(3)26-14-18-8-13-24(27-15-18)29(4)5)22-16-28-30(23(22)7-2)20-11-9-19(25)10-12-20/h6-13,15-16,26H,2-3,14H2,1,4-5H3/b21-6-. The molecule has 1 aromatic carbocycles. The van der Waals surface area contributed by atoms with E-state index in [-0.39, 0.29) is 5.82 Å². The molecule has 1 N–H and O–H groups in total. The number of pyridine rings is 1. The van der Waals surface area contributed by atoms with Crippen LogP contribution in [0.1, 0.15) is 23.7 Å². The molecule has 0 unspecified atom stereocenters. The zero-order valence-electron chi connectivity index (χ0n) is 17.6. The smallest absolute Gasteiger partial charge is 0.127 e. The quantitative estimate of drug-likeness (QED) is 0.548. The molecule has 0 saturated heterocycles. The Balaban J connectivity index is 1.79. The normalized spacial score (nSPS) is 11.3. The van der Waals surface area contributed by atoms with Crippen molar-refractivity contribution in [1.82, 2.24) is 20.1 Å². The van der Waals surface area contributed by atoms with Crippen molar-refractivity contribution >= 4 is 17.5 Å². The van der Waals surface area contributed by atoms with E-state index in [0.29, 0.717) is 6.54 Å². The van der Waals surface area contributed by atoms with Gasteiger partial charge in [-0.05, 0) is 48.9 Å². The third-order valence-corrected chi connectivity index (χ3v) is 4.75. The van der Waals surface area contributed by atoms with Gasteiger partial charge in [-0.2, -0.15) is 5.10 Å². The van der Waals surface area contributed by atoms with Gasteiger partial charge in [0.2, 0.25) is 0 Å². The molecule has 0 aliphatic rings. The molecule has 2 aromatic heterocycles. The van der Waals surface area contributed by atoms with Gasteiger partial charge in [-0.3, -0.25) is 0 Å². The van der Waals surface area contributed by atoms with Crippen molar-refractivity contribution in [2.24, 2.45) is 0 Å². The van der Waals surface area contributed by atoms with Gasteiger partial charge in [0.25, 0.3) is 0 Å². The van der Waals surface area contributed by atoms with E-state index in [2.05, 4.69) is 28.6 Å². The van der Waals surface area contributed by atoms with Crippen LogP contribution in [-0.2, 0) is 6.54 Å². The SMILES string of the molecule is C=Cc1c(/C(=C\C)C(=C)NCc2ccc(N(C)C)nc2)cnn1-c1ccc(F)cc1. The molecule has 3 rings (SSSR count). The van der Waals surface area contributed by atoms with E-state index < -0.39 is 0 Å². The van der Waals surface area contributed by atoms with E-state index in [1.807, 2.05) is 50.3 Å². The maximum absolute atomic E-state index is 13.3. The summed E-state index contributed by atoms with van der Waals surface area (Å²) < 4.78 is 15.0. The molecule has 0 radical (unpaired) electrons. The lowest BCUT2D eigenvalue weighted by Gasteiger charge is -2.15. The number of aromatic nitrogens is 3. The van der Waals surface area contributed by atoms with Crippen LogP contribution in [-0.4, -0.2) is 28.9 Å². The van der Waals surface area contributed by atoms with Gasteiger partial charge in [0.15, 0.2) is 0 Å². The lowest BCUT2D eigenvalue weighted by Crippen LogP contribution is -2.15. The van der Waals surface area contributed by atoms with Gasteiger partial charge < -0.3 is 10.2 Å². The van der Waals surface area contributed by atoms with Gasteiger partial charge in [-0.25, -0.2) is 14.1 Å². The van der Waals surface area contributed by atoms with Gasteiger partial charge in [-0.15, -0.1) is 0 Å². The Kier molecular flexibility index (Phi) is 6.47. The minimum absolute atomic E-state index is 0.286. The Morgan fingerprint density at radius 2 is 1.90 bits per heavy atom. The van der Waals surface area contributed by atoms with E-state index >= 15 is 0 Å². The van der Waals surface area contributed by atoms with Crippen molar-refractivity contribution in [3.63, 3.8) is 0 Å². The highest BCUT2D eigenvalue weighted by molar-refractivity contribution is 5.82. The number of hydrogen-bond acceptors (Lipinski definition) is 4. The van der Waals surface area contributed by atoms with Gasteiger partial charge in [-0.1, -0.05) is 25.3 Å². The maximum atomic E-state index is 13.3. The van der Waals surface area contributed by atoms with Crippen LogP contribution in [0.3, 0.4) is 0 Å². The van der Waals surface area contributed by atoms with E-state index in [4.69, 9.17) is 0 Å². The van der Waals surface area contributed by atoms with Crippen molar-refractivity contribution in [3.8, 4) is 5.69 Å². The first kappa shape index (κ1) is 21.0. The highest BCUT2D eigenvalue weighted by atomic mass is 19.1. The summed E-state index contributed by atoms with van der Waals surface area (Å²) in [5.41, 5.74) is 5.24. The predicted molar refractivity (Wildman–Crippen MR) is 122 cm³/mol. The van der Waals surface area contributed by atoms with Crippen molar-refractivity contribution < 1.29 is 4.39 Å². The van der Waals surface area contributed by atoms with Crippen LogP contribution < -0.4 is 10.2 Å². The van der Waals surface area contributed by atoms with Gasteiger partial charge in [0, 0.05) is 43.7 Å². The van der Waals surface area contributed by atoms with E-state index in [1.54, 1.807) is 29.1 Å². The summed E-state index contributed by atoms with van der Waals surface area (Å²) in [6.45, 7) is 10.7. The summed E-state index contributed by atoms with van der Waals surface area (Å²) in [5, 5.41) is 7.85. The molecule has 0 amide bonds. The molecule has 0 saturated carbocycles. The number of nitrogens with zero attached hydrogens (tertiary/aromatic N) is 4. The molecular weight excluding hydrogens is 377 g/mol. The Morgan fingerprint density at radius 3 is 2.47 bits per heavy atom. The topological polar surface area (TPSA) is 46.0 Å². The largest absolute Gasteiger partial charge is 0.381 e. The third kappa shape index (κ3) is 4.49. The second kappa shape index (κ2) is 9.22. The van der Waals surface area contributed by atoms with E-state index in [9.17, 15) is 4.39 Å². The van der Waals surface area contributed by atoms with Crippen molar-refractivity contribution in [3.05, 3.63) is 96.4 Å². The number of benzene rings is 1. The molecule has 30 heavy (non-hydrogen) atoms. The zero-order chi connectivity index (χ0) is 21.7. The second-order valence-electron chi connectivity index (χ2n) is 6.99. The first-order valence-electron chi connectivity index (χ1n) is 9.63. The highest BCUT2D eigenvalue weighted by Gasteiger charge is 2.15. The Hall–Kier alpha value is -3.67. The molecule has 0 bridgehead atoms. The molecule has 2 heterocycles. The molecule has 0 spiro atoms. The molecule has 5 nitrogen and oxygen atoms in total. The number of anilines is 1. The zero-order valence-corrected chi connectivity index (χ0v) is 17.6. The number of halogens is 1. The van der Waals surface area contributed by atoms with Gasteiger partial charge in [0.1, 0.15) is 11.6 Å². The number of nitrogens with one attached hydrogen (secondary N) is 1. The summed E-state index contributed by atoms with van der Waals surface area (Å²) in [6, 6.07) is 10.2. The molecule has 0 aliphatic heterocycles. The predicted octanol–water partition coefficient (Wildman–Crippen LogP) is 4.82. The molecule has 6 heteroatoms. The van der Waals surface area contributed by atoms with E-state index in [0.717, 1.165) is 39.6 Å². The summed E-state index contributed by atoms with van der Waals surface area (Å²) >= 11 is 0. The monoisotopic (exact) mass is 403 g/mol. The summed E-state index contributed by atoms with van der Waals surface area (Å²) in [5.74, 6) is 0.627. The first-order chi connectivity index (χ1) is 14.4. The lowest BCUT2D eigenvalue weighted by atomic mass is 10.0. The fraction of sp³-hybridized carbons (Fsp3) is 0.167. The van der Waals surface area contributed by atoms with Crippen LogP contribution in [0, 0.1) is 5.82 Å². The summed E-state index contributed by atoms with van der Waals surface area (Å²) in [7, 11) is 3.92. The van der Waals surface area contributed by atoms with Crippen LogP contribution in [0.2, 0.25) is 0 Å². The Bertz CT molecular complexity index is 1060. The molecule has 0 fully saturated rings. The third-order valence-electron chi connectivity index (χ3n) is 4.75. The minimum atomic E-state index is -0.286. The second-order valence-corrected chi connectivity index (χ2v) is 6.99. The maximum Gasteiger partial charge on any atom is 0.127 e. The van der Waals surface area contributed by atoms with Crippen molar-refractivity contribution in [2.75, 3.05) is 19.0 Å². The minimum Gasteiger partial charge on any atom is -0.381 e. The van der Waals surface area contributed by atoms with E-state index in [1.165, 1.54) is 12.1 Å². The summed E-state index contributed by atoms with van der Waals surface area (Å²) in [4.78, 5) is 6.40. The van der Waals surface area contributed by atoms with Crippen molar-refractivity contribution in [1.29, 1.82) is 0 Å². The Morgan fingerprint density at radius 1 is 1.17 bits per heavy atom. The molecule has 3 aromatic rings. The van der Waals surface area contributed by atoms with Crippen molar-refractivity contribution in [2.45, 2.75) is 13.5 Å². The van der Waals surface area contributed by atoms with Crippen LogP contribution in [0.4, 0.5) is 10.2 Å². The number of allylic oxidation sites excluding steroid dienone is 2. The average Bonchev–Trinajstić information content (AvgIpc) is 3.17. The molecule has 0 aliphatic carbocycles. The lowest BCUT2D eigenvalue weighted by molar-refractivity contribution is 0.627. The van der Waals surface area contributed by atoms with Crippen LogP contribution in [0.15, 0.2) is 73.7 Å². The fourth-order valence-corrected chi connectivity index (χ4v) is 3.13. The molecule has 0 atom stereocenters. The first-order valence-corrected chi connectivity index (χ1v) is 9.63. The average molecular weight is 404 g/mol. The van der Waals surface area contributed by atoms with Crippen LogP contribution in [0.5, 0.6) is 0 Å². The fourth-order valence-electron chi connectivity index (χ4n) is 3.13. The van der Waals surface area contributed by atoms with Gasteiger partial charge >= 0.3 is 0 Å². The molecule has 154 valence electrons.